The summed E-state index contributed by atoms with van der Waals surface area (Å²) in [6.07, 6.45) is -8.15. The molecule has 11 heteroatoms. The average Bonchev–Trinajstić information content (AvgIpc) is 2.63. The molecule has 0 saturated heterocycles. The fraction of sp³-hybridized carbons (Fsp3) is 0.222. The Kier molecular flexibility index (Phi) is 4.86. The fourth-order valence-corrected chi connectivity index (χ4v) is 3.27. The van der Waals surface area contributed by atoms with Crippen LogP contribution in [0.25, 0.3) is 0 Å². The number of alkyl halides is 3. The molecular formula is C18H13ClF4N2O4. The molecule has 6 nitrogen and oxygen atoms in total. The van der Waals surface area contributed by atoms with Crippen molar-refractivity contribution >= 4 is 35.2 Å². The summed E-state index contributed by atoms with van der Waals surface area (Å²) in [5, 5.41) is 9.01. The van der Waals surface area contributed by atoms with Gasteiger partial charge in [-0.15, -0.1) is 0 Å². The number of ether oxygens (including phenoxy) is 1. The highest BCUT2D eigenvalue weighted by atomic mass is 35.5. The number of carboxylic acid groups (broad SMARTS) is 1. The number of cyclic esters (lactones) is 1. The number of anilines is 2. The van der Waals surface area contributed by atoms with Crippen molar-refractivity contribution in [2.24, 2.45) is 0 Å². The number of carbonyl (C=O) groups is 2. The number of fused-ring (bicyclic) bond motifs is 1. The maximum atomic E-state index is 14.7. The zero-order valence-corrected chi connectivity index (χ0v) is 15.7. The first-order valence-corrected chi connectivity index (χ1v) is 8.38. The highest BCUT2D eigenvalue weighted by Crippen LogP contribution is 2.54. The van der Waals surface area contributed by atoms with Crippen LogP contribution in [-0.2, 0) is 10.3 Å². The van der Waals surface area contributed by atoms with E-state index in [9.17, 15) is 27.2 Å². The molecule has 0 saturated carbocycles. The van der Waals surface area contributed by atoms with Gasteiger partial charge in [0.15, 0.2) is 0 Å². The monoisotopic (exact) mass is 432 g/mol. The van der Waals surface area contributed by atoms with Crippen LogP contribution < -0.4 is 9.80 Å². The number of rotatable bonds is 2. The standard InChI is InChI=1S/C18H13ClF4N2O4/c1-24(15(26)27)10-4-5-13(20)11(8-10)17(18(21,22)23)12-7-9(19)3-6-14(12)25(2)16(28)29-17/h3-8H,1-2H3,(H,26,27). The molecule has 1 unspecified atom stereocenters. The molecule has 3 rings (SSSR count). The van der Waals surface area contributed by atoms with Gasteiger partial charge in [0.05, 0.1) is 5.69 Å². The smallest absolute Gasteiger partial charge is 0.437 e. The summed E-state index contributed by atoms with van der Waals surface area (Å²) >= 11 is 5.88. The lowest BCUT2D eigenvalue weighted by Crippen LogP contribution is -2.54. The molecule has 1 N–H and O–H groups in total. The van der Waals surface area contributed by atoms with Crippen LogP contribution in [-0.4, -0.2) is 37.6 Å². The van der Waals surface area contributed by atoms with Crippen LogP contribution in [0.3, 0.4) is 0 Å². The van der Waals surface area contributed by atoms with E-state index in [-0.39, 0.29) is 16.4 Å². The molecule has 2 aromatic rings. The summed E-state index contributed by atoms with van der Waals surface area (Å²) < 4.78 is 62.8. The predicted molar refractivity (Wildman–Crippen MR) is 96.0 cm³/mol. The van der Waals surface area contributed by atoms with Crippen molar-refractivity contribution in [2.45, 2.75) is 11.8 Å². The van der Waals surface area contributed by atoms with Gasteiger partial charge < -0.3 is 9.84 Å². The quantitative estimate of drug-likeness (QED) is 0.679. The molecule has 2 aromatic carbocycles. The third kappa shape index (κ3) is 3.13. The van der Waals surface area contributed by atoms with Gasteiger partial charge in [0.25, 0.3) is 5.60 Å². The molecule has 0 fully saturated rings. The molecule has 0 aliphatic carbocycles. The van der Waals surface area contributed by atoms with E-state index in [1.165, 1.54) is 19.2 Å². The zero-order valence-electron chi connectivity index (χ0n) is 14.9. The third-order valence-electron chi connectivity index (χ3n) is 4.62. The summed E-state index contributed by atoms with van der Waals surface area (Å²) in [6, 6.07) is 5.74. The number of hydrogen-bond acceptors (Lipinski definition) is 3. The van der Waals surface area contributed by atoms with Gasteiger partial charge in [-0.25, -0.2) is 14.0 Å². The topological polar surface area (TPSA) is 70.1 Å². The summed E-state index contributed by atoms with van der Waals surface area (Å²) in [7, 11) is 2.27. The third-order valence-corrected chi connectivity index (χ3v) is 4.85. The van der Waals surface area contributed by atoms with E-state index in [2.05, 4.69) is 0 Å². The van der Waals surface area contributed by atoms with Crippen LogP contribution in [0.4, 0.5) is 38.5 Å². The van der Waals surface area contributed by atoms with Crippen molar-refractivity contribution in [3.8, 4) is 0 Å². The van der Waals surface area contributed by atoms with E-state index in [1.54, 1.807) is 0 Å². The van der Waals surface area contributed by atoms with Crippen LogP contribution in [0.15, 0.2) is 36.4 Å². The van der Waals surface area contributed by atoms with E-state index in [0.717, 1.165) is 24.1 Å². The normalized spacial score (nSPS) is 18.9. The first kappa shape index (κ1) is 20.7. The molecule has 1 heterocycles. The minimum Gasteiger partial charge on any atom is -0.465 e. The molecule has 29 heavy (non-hydrogen) atoms. The van der Waals surface area contributed by atoms with Crippen LogP contribution in [0.1, 0.15) is 11.1 Å². The lowest BCUT2D eigenvalue weighted by Gasteiger charge is -2.42. The first-order chi connectivity index (χ1) is 13.4. The summed E-state index contributed by atoms with van der Waals surface area (Å²) in [4.78, 5) is 24.9. The van der Waals surface area contributed by atoms with Gasteiger partial charge in [0, 0.05) is 35.9 Å². The molecular weight excluding hydrogens is 420 g/mol. The largest absolute Gasteiger partial charge is 0.465 e. The van der Waals surface area contributed by atoms with Gasteiger partial charge in [-0.2, -0.15) is 13.2 Å². The van der Waals surface area contributed by atoms with Gasteiger partial charge in [-0.05, 0) is 36.4 Å². The Balaban J connectivity index is 2.41. The molecule has 154 valence electrons. The Morgan fingerprint density at radius 3 is 2.45 bits per heavy atom. The van der Waals surface area contributed by atoms with E-state index in [0.29, 0.717) is 17.0 Å². The second-order valence-corrected chi connectivity index (χ2v) is 6.71. The van der Waals surface area contributed by atoms with Crippen LogP contribution >= 0.6 is 11.6 Å². The van der Waals surface area contributed by atoms with Crippen LogP contribution in [0.2, 0.25) is 5.02 Å². The minimum absolute atomic E-state index is 0.0945. The van der Waals surface area contributed by atoms with E-state index < -0.39 is 40.9 Å². The maximum Gasteiger partial charge on any atom is 0.437 e. The van der Waals surface area contributed by atoms with Crippen molar-refractivity contribution in [3.63, 3.8) is 0 Å². The highest BCUT2D eigenvalue weighted by molar-refractivity contribution is 6.30. The Hall–Kier alpha value is -3.01. The lowest BCUT2D eigenvalue weighted by molar-refractivity contribution is -0.248. The average molecular weight is 433 g/mol. The van der Waals surface area contributed by atoms with Crippen LogP contribution in [0, 0.1) is 5.82 Å². The number of benzene rings is 2. The Morgan fingerprint density at radius 1 is 1.21 bits per heavy atom. The Bertz CT molecular complexity index is 1010. The molecule has 1 atom stereocenters. The summed E-state index contributed by atoms with van der Waals surface area (Å²) in [6.45, 7) is 0. The second-order valence-electron chi connectivity index (χ2n) is 6.27. The molecule has 0 radical (unpaired) electrons. The van der Waals surface area contributed by atoms with Crippen LogP contribution in [0.5, 0.6) is 0 Å². The van der Waals surface area contributed by atoms with Crippen molar-refractivity contribution < 1.29 is 37.0 Å². The van der Waals surface area contributed by atoms with Gasteiger partial charge in [-0.1, -0.05) is 11.6 Å². The number of halogens is 5. The van der Waals surface area contributed by atoms with E-state index >= 15 is 0 Å². The number of amides is 2. The van der Waals surface area contributed by atoms with Crippen molar-refractivity contribution in [1.29, 1.82) is 0 Å². The number of carbonyl (C=O) groups excluding carboxylic acids is 1. The molecule has 1 aliphatic rings. The lowest BCUT2D eigenvalue weighted by atomic mass is 9.82. The second kappa shape index (κ2) is 6.80. The van der Waals surface area contributed by atoms with Gasteiger partial charge in [-0.3, -0.25) is 9.80 Å². The van der Waals surface area contributed by atoms with Gasteiger partial charge in [0.1, 0.15) is 5.82 Å². The SMILES string of the molecule is CN(C(=O)O)c1ccc(F)c(C2(C(F)(F)F)OC(=O)N(C)c3ccc(Cl)cc32)c1. The minimum atomic E-state index is -5.30. The molecule has 1 aliphatic heterocycles. The highest BCUT2D eigenvalue weighted by Gasteiger charge is 2.65. The Morgan fingerprint density at radius 2 is 1.86 bits per heavy atom. The molecule has 2 amide bonds. The van der Waals surface area contributed by atoms with Crippen molar-refractivity contribution in [2.75, 3.05) is 23.9 Å². The molecule has 0 spiro atoms. The fourth-order valence-electron chi connectivity index (χ4n) is 3.10. The van der Waals surface area contributed by atoms with E-state index in [4.69, 9.17) is 21.4 Å². The van der Waals surface area contributed by atoms with Crippen molar-refractivity contribution in [1.82, 2.24) is 0 Å². The van der Waals surface area contributed by atoms with Crippen molar-refractivity contribution in [3.05, 3.63) is 58.4 Å². The molecule has 0 bridgehead atoms. The van der Waals surface area contributed by atoms with Gasteiger partial charge >= 0.3 is 18.4 Å². The maximum absolute atomic E-state index is 14.7. The molecule has 0 aromatic heterocycles. The predicted octanol–water partition coefficient (Wildman–Crippen LogP) is 4.99. The number of hydrogen-bond donors (Lipinski definition) is 1. The van der Waals surface area contributed by atoms with Gasteiger partial charge in [0.2, 0.25) is 0 Å². The summed E-state index contributed by atoms with van der Waals surface area (Å²) in [5.74, 6) is -1.34. The first-order valence-electron chi connectivity index (χ1n) is 8.00. The zero-order chi connectivity index (χ0) is 21.7. The van der Waals surface area contributed by atoms with E-state index in [1.807, 2.05) is 0 Å². The summed E-state index contributed by atoms with van der Waals surface area (Å²) in [5.41, 5.74) is -5.64. The Labute approximate surface area is 166 Å². The number of nitrogens with zero attached hydrogens (tertiary/aromatic N) is 2.